The molecule has 1 rings (SSSR count). The second-order valence-corrected chi connectivity index (χ2v) is 6.46. The van der Waals surface area contributed by atoms with E-state index in [0.717, 1.165) is 12.8 Å². The van der Waals surface area contributed by atoms with Crippen LogP contribution in [0.3, 0.4) is 0 Å². The first kappa shape index (κ1) is 18.3. The zero-order chi connectivity index (χ0) is 15.7. The predicted octanol–water partition coefficient (Wildman–Crippen LogP) is 5.08. The Hall–Kier alpha value is -0.780. The van der Waals surface area contributed by atoms with Crippen LogP contribution in [0, 0.1) is 17.8 Å². The highest BCUT2D eigenvalue weighted by Crippen LogP contribution is 2.32. The van der Waals surface area contributed by atoms with E-state index in [1.54, 1.807) is 0 Å². The molecule has 0 bridgehead atoms. The van der Waals surface area contributed by atoms with Crippen LogP contribution in [0.1, 0.15) is 72.6 Å². The summed E-state index contributed by atoms with van der Waals surface area (Å²) in [7, 11) is 0. The van der Waals surface area contributed by atoms with Gasteiger partial charge < -0.3 is 9.47 Å². The lowest BCUT2D eigenvalue weighted by Gasteiger charge is -2.16. The summed E-state index contributed by atoms with van der Waals surface area (Å²) in [5, 5.41) is 0. The molecule has 21 heavy (non-hydrogen) atoms. The van der Waals surface area contributed by atoms with E-state index >= 15 is 0 Å². The summed E-state index contributed by atoms with van der Waals surface area (Å²) in [5.74, 6) is 6.19. The van der Waals surface area contributed by atoms with Crippen molar-refractivity contribution in [1.29, 1.82) is 0 Å². The van der Waals surface area contributed by atoms with Gasteiger partial charge in [0.15, 0.2) is 5.79 Å². The largest absolute Gasteiger partial charge is 0.345 e. The monoisotopic (exact) mass is 292 g/mol. The molecule has 0 radical (unpaired) electrons. The van der Waals surface area contributed by atoms with Gasteiger partial charge in [0.2, 0.25) is 0 Å². The van der Waals surface area contributed by atoms with Crippen LogP contribution >= 0.6 is 0 Å². The van der Waals surface area contributed by atoms with Crippen molar-refractivity contribution in [1.82, 2.24) is 0 Å². The summed E-state index contributed by atoms with van der Waals surface area (Å²) >= 11 is 0. The van der Waals surface area contributed by atoms with E-state index < -0.39 is 5.79 Å². The molecule has 0 aromatic heterocycles. The van der Waals surface area contributed by atoms with Gasteiger partial charge >= 0.3 is 0 Å². The van der Waals surface area contributed by atoms with Crippen molar-refractivity contribution in [2.75, 3.05) is 0 Å². The third kappa shape index (κ3) is 7.16. The topological polar surface area (TPSA) is 18.5 Å². The van der Waals surface area contributed by atoms with E-state index in [1.807, 2.05) is 19.9 Å². The smallest absolute Gasteiger partial charge is 0.163 e. The first-order valence-corrected chi connectivity index (χ1v) is 8.45. The fourth-order valence-electron chi connectivity index (χ4n) is 2.66. The zero-order valence-corrected chi connectivity index (χ0v) is 14.3. The minimum atomic E-state index is -0.468. The Morgan fingerprint density at radius 3 is 2.48 bits per heavy atom. The molecule has 0 aromatic carbocycles. The standard InChI is InChI=1S/C19H32O2/c1-6-8-9-10-11-14-17-18(21-19(4,5)20-17)15-12-13-16(3)7-2/h7,16-18H,2,6,8-11,14-15H2,1,3-5H3/t16-,17-,18-/m1/s1. The van der Waals surface area contributed by atoms with Gasteiger partial charge in [-0.05, 0) is 27.2 Å². The van der Waals surface area contributed by atoms with E-state index in [9.17, 15) is 0 Å². The van der Waals surface area contributed by atoms with E-state index in [4.69, 9.17) is 9.47 Å². The summed E-state index contributed by atoms with van der Waals surface area (Å²) < 4.78 is 12.0. The lowest BCUT2D eigenvalue weighted by Crippen LogP contribution is -2.22. The van der Waals surface area contributed by atoms with Gasteiger partial charge in [-0.25, -0.2) is 0 Å². The Kier molecular flexibility index (Phi) is 8.07. The van der Waals surface area contributed by atoms with Gasteiger partial charge in [-0.2, -0.15) is 0 Å². The van der Waals surface area contributed by atoms with Crippen molar-refractivity contribution in [3.8, 4) is 11.8 Å². The average Bonchev–Trinajstić information content (AvgIpc) is 2.73. The third-order valence-electron chi connectivity index (χ3n) is 3.86. The summed E-state index contributed by atoms with van der Waals surface area (Å²) in [6.45, 7) is 12.1. The Labute approximate surface area is 131 Å². The maximum absolute atomic E-state index is 6.04. The van der Waals surface area contributed by atoms with E-state index in [2.05, 4.69) is 32.3 Å². The minimum Gasteiger partial charge on any atom is -0.345 e. The number of ether oxygens (including phenoxy) is 2. The summed E-state index contributed by atoms with van der Waals surface area (Å²) in [5.41, 5.74) is 0. The van der Waals surface area contributed by atoms with Crippen molar-refractivity contribution in [2.45, 2.75) is 90.6 Å². The molecule has 0 aliphatic carbocycles. The maximum Gasteiger partial charge on any atom is 0.163 e. The van der Waals surface area contributed by atoms with Crippen LogP contribution < -0.4 is 0 Å². The second-order valence-electron chi connectivity index (χ2n) is 6.46. The fourth-order valence-corrected chi connectivity index (χ4v) is 2.66. The van der Waals surface area contributed by atoms with E-state index in [-0.39, 0.29) is 18.1 Å². The number of allylic oxidation sites excluding steroid dienone is 1. The minimum absolute atomic E-state index is 0.107. The molecule has 1 aliphatic rings. The molecule has 1 fully saturated rings. The molecule has 0 N–H and O–H groups in total. The van der Waals surface area contributed by atoms with Crippen molar-refractivity contribution in [3.05, 3.63) is 12.7 Å². The fraction of sp³-hybridized carbons (Fsp3) is 0.789. The summed E-state index contributed by atoms with van der Waals surface area (Å²) in [6.07, 6.45) is 10.5. The molecule has 0 saturated carbocycles. The number of hydrogen-bond acceptors (Lipinski definition) is 2. The summed E-state index contributed by atoms with van der Waals surface area (Å²) in [6, 6.07) is 0. The van der Waals surface area contributed by atoms with Crippen molar-refractivity contribution >= 4 is 0 Å². The van der Waals surface area contributed by atoms with Crippen molar-refractivity contribution < 1.29 is 9.47 Å². The van der Waals surface area contributed by atoms with Crippen LogP contribution in [0.2, 0.25) is 0 Å². The molecule has 1 aliphatic heterocycles. The third-order valence-corrected chi connectivity index (χ3v) is 3.86. The van der Waals surface area contributed by atoms with Crippen LogP contribution in [-0.4, -0.2) is 18.0 Å². The molecule has 0 unspecified atom stereocenters. The number of unbranched alkanes of at least 4 members (excludes halogenated alkanes) is 4. The molecule has 3 atom stereocenters. The van der Waals surface area contributed by atoms with Gasteiger partial charge in [-0.15, -0.1) is 6.58 Å². The molecular weight excluding hydrogens is 260 g/mol. The van der Waals surface area contributed by atoms with Gasteiger partial charge in [-0.3, -0.25) is 0 Å². The maximum atomic E-state index is 6.04. The molecule has 1 saturated heterocycles. The second kappa shape index (κ2) is 9.28. The Morgan fingerprint density at radius 1 is 1.14 bits per heavy atom. The van der Waals surface area contributed by atoms with E-state index in [0.29, 0.717) is 0 Å². The zero-order valence-electron chi connectivity index (χ0n) is 14.3. The predicted molar refractivity (Wildman–Crippen MR) is 89.0 cm³/mol. The Morgan fingerprint density at radius 2 is 1.81 bits per heavy atom. The lowest BCUT2D eigenvalue weighted by atomic mass is 10.0. The highest BCUT2D eigenvalue weighted by molar-refractivity contribution is 5.09. The van der Waals surface area contributed by atoms with Crippen LogP contribution in [0.25, 0.3) is 0 Å². The molecule has 2 nitrogen and oxygen atoms in total. The van der Waals surface area contributed by atoms with E-state index in [1.165, 1.54) is 32.1 Å². The Bertz CT molecular complexity index is 361. The van der Waals surface area contributed by atoms with Crippen molar-refractivity contribution in [3.63, 3.8) is 0 Å². The normalized spacial score (nSPS) is 25.1. The summed E-state index contributed by atoms with van der Waals surface area (Å²) in [4.78, 5) is 0. The van der Waals surface area contributed by atoms with Crippen LogP contribution in [0.5, 0.6) is 0 Å². The lowest BCUT2D eigenvalue weighted by molar-refractivity contribution is -0.146. The highest BCUT2D eigenvalue weighted by atomic mass is 16.7. The molecule has 0 aromatic rings. The molecule has 120 valence electrons. The first-order chi connectivity index (χ1) is 9.98. The van der Waals surface area contributed by atoms with Crippen LogP contribution in [0.4, 0.5) is 0 Å². The molecule has 0 spiro atoms. The van der Waals surface area contributed by atoms with Crippen molar-refractivity contribution in [2.24, 2.45) is 5.92 Å². The quantitative estimate of drug-likeness (QED) is 0.353. The van der Waals surface area contributed by atoms with Gasteiger partial charge in [-0.1, -0.05) is 56.9 Å². The highest BCUT2D eigenvalue weighted by Gasteiger charge is 2.40. The SMILES string of the molecule is C=C[C@@H](C)C#CC[C@H]1OC(C)(C)O[C@@H]1CCCCCCC. The molecule has 0 amide bonds. The van der Waals surface area contributed by atoms with Gasteiger partial charge in [0.1, 0.15) is 0 Å². The molecule has 2 heteroatoms. The Balaban J connectivity index is 2.42. The number of rotatable bonds is 8. The van der Waals surface area contributed by atoms with Gasteiger partial charge in [0, 0.05) is 12.3 Å². The number of hydrogen-bond donors (Lipinski definition) is 0. The molecular formula is C19H32O2. The average molecular weight is 292 g/mol. The first-order valence-electron chi connectivity index (χ1n) is 8.45. The van der Waals surface area contributed by atoms with Crippen LogP contribution in [0.15, 0.2) is 12.7 Å². The van der Waals surface area contributed by atoms with Gasteiger partial charge in [0.25, 0.3) is 0 Å². The van der Waals surface area contributed by atoms with Crippen LogP contribution in [-0.2, 0) is 9.47 Å². The van der Waals surface area contributed by atoms with Gasteiger partial charge in [0.05, 0.1) is 12.2 Å². The molecule has 1 heterocycles.